The first-order valence-corrected chi connectivity index (χ1v) is 4.83. The Kier molecular flexibility index (Phi) is 2.76. The third-order valence-electron chi connectivity index (χ3n) is 2.23. The van der Waals surface area contributed by atoms with Gasteiger partial charge in [-0.25, -0.2) is 9.07 Å². The normalized spacial score (nSPS) is 11.8. The molecule has 0 aliphatic carbocycles. The number of halogens is 1. The van der Waals surface area contributed by atoms with Gasteiger partial charge < -0.3 is 0 Å². The second-order valence-electron chi connectivity index (χ2n) is 3.51. The molecular formula is C11H11FN4. The van der Waals surface area contributed by atoms with Crippen LogP contribution in [0.2, 0.25) is 0 Å². The van der Waals surface area contributed by atoms with Gasteiger partial charge in [0.05, 0.1) is 0 Å². The van der Waals surface area contributed by atoms with E-state index in [1.54, 1.807) is 23.9 Å². The van der Waals surface area contributed by atoms with Crippen molar-refractivity contribution in [2.45, 2.75) is 6.92 Å². The molecule has 2 rings (SSSR count). The smallest absolute Gasteiger partial charge is 0.177 e. The molecule has 0 atom stereocenters. The van der Waals surface area contributed by atoms with Gasteiger partial charge in [-0.3, -0.25) is 0 Å². The lowest BCUT2D eigenvalue weighted by Gasteiger charge is -1.99. The van der Waals surface area contributed by atoms with Crippen LogP contribution < -0.4 is 0 Å². The van der Waals surface area contributed by atoms with Crippen molar-refractivity contribution < 1.29 is 4.39 Å². The summed E-state index contributed by atoms with van der Waals surface area (Å²) >= 11 is 0. The van der Waals surface area contributed by atoms with E-state index in [4.69, 9.17) is 0 Å². The van der Waals surface area contributed by atoms with Crippen molar-refractivity contribution in [1.82, 2.24) is 20.2 Å². The highest BCUT2D eigenvalue weighted by atomic mass is 19.1. The molecule has 1 aromatic heterocycles. The van der Waals surface area contributed by atoms with Crippen LogP contribution >= 0.6 is 0 Å². The van der Waals surface area contributed by atoms with Crippen LogP contribution in [0.3, 0.4) is 0 Å². The van der Waals surface area contributed by atoms with E-state index in [-0.39, 0.29) is 5.82 Å². The van der Waals surface area contributed by atoms with E-state index in [1.165, 1.54) is 12.1 Å². The molecule has 0 aliphatic heterocycles. The predicted octanol–water partition coefficient (Wildman–Crippen LogP) is 1.91. The Morgan fingerprint density at radius 2 is 2.00 bits per heavy atom. The Morgan fingerprint density at radius 3 is 2.56 bits per heavy atom. The molecule has 0 saturated carbocycles. The van der Waals surface area contributed by atoms with Crippen LogP contribution in [-0.2, 0) is 7.05 Å². The minimum Gasteiger partial charge on any atom is -0.229 e. The summed E-state index contributed by atoms with van der Waals surface area (Å²) in [6, 6.07) is 6.27. The number of rotatable bonds is 2. The van der Waals surface area contributed by atoms with Gasteiger partial charge in [-0.2, -0.15) is 0 Å². The number of allylic oxidation sites excluding steroid dienone is 1. The molecule has 5 heteroatoms. The van der Waals surface area contributed by atoms with Gasteiger partial charge in [0.2, 0.25) is 0 Å². The minimum atomic E-state index is -0.241. The fourth-order valence-electron chi connectivity index (χ4n) is 1.44. The zero-order chi connectivity index (χ0) is 11.5. The van der Waals surface area contributed by atoms with Crippen molar-refractivity contribution in [2.75, 3.05) is 0 Å². The fraction of sp³-hybridized carbons (Fsp3) is 0.182. The quantitative estimate of drug-likeness (QED) is 0.773. The summed E-state index contributed by atoms with van der Waals surface area (Å²) in [5.41, 5.74) is 1.85. The van der Waals surface area contributed by atoms with Crippen LogP contribution in [0, 0.1) is 5.82 Å². The molecule has 4 nitrogen and oxygen atoms in total. The van der Waals surface area contributed by atoms with E-state index < -0.39 is 0 Å². The molecule has 0 aliphatic rings. The first-order valence-electron chi connectivity index (χ1n) is 4.83. The lowest BCUT2D eigenvalue weighted by Crippen LogP contribution is -1.96. The Balaban J connectivity index is 2.31. The molecule has 82 valence electrons. The molecule has 0 bridgehead atoms. The Hall–Kier alpha value is -2.04. The van der Waals surface area contributed by atoms with Gasteiger partial charge in [0, 0.05) is 7.05 Å². The number of hydrogen-bond acceptors (Lipinski definition) is 3. The standard InChI is InChI=1S/C11H11FN4/c1-8(11-13-14-15-16(11)2)7-9-3-5-10(12)6-4-9/h3-7H,1-2H3/b8-7+. The molecule has 0 N–H and O–H groups in total. The summed E-state index contributed by atoms with van der Waals surface area (Å²) in [6.07, 6.45) is 1.91. The highest BCUT2D eigenvalue weighted by Crippen LogP contribution is 2.14. The van der Waals surface area contributed by atoms with Crippen molar-refractivity contribution in [1.29, 1.82) is 0 Å². The van der Waals surface area contributed by atoms with E-state index >= 15 is 0 Å². The van der Waals surface area contributed by atoms with Gasteiger partial charge in [0.1, 0.15) is 5.82 Å². The van der Waals surface area contributed by atoms with Gasteiger partial charge in [0.25, 0.3) is 0 Å². The van der Waals surface area contributed by atoms with Crippen molar-refractivity contribution in [3.05, 3.63) is 41.5 Å². The zero-order valence-electron chi connectivity index (χ0n) is 9.05. The first-order chi connectivity index (χ1) is 7.66. The largest absolute Gasteiger partial charge is 0.229 e. The van der Waals surface area contributed by atoms with Crippen LogP contribution in [0.4, 0.5) is 4.39 Å². The van der Waals surface area contributed by atoms with Gasteiger partial charge >= 0.3 is 0 Å². The van der Waals surface area contributed by atoms with E-state index in [9.17, 15) is 4.39 Å². The summed E-state index contributed by atoms with van der Waals surface area (Å²) in [5.74, 6) is 0.458. The van der Waals surface area contributed by atoms with Crippen molar-refractivity contribution in [3.63, 3.8) is 0 Å². The highest BCUT2D eigenvalue weighted by molar-refractivity contribution is 5.76. The van der Waals surface area contributed by atoms with Crippen molar-refractivity contribution in [3.8, 4) is 0 Å². The number of benzene rings is 1. The first kappa shape index (κ1) is 10.5. The van der Waals surface area contributed by atoms with Gasteiger partial charge in [-0.15, -0.1) is 5.10 Å². The fourth-order valence-corrected chi connectivity index (χ4v) is 1.44. The van der Waals surface area contributed by atoms with Crippen LogP contribution in [0.15, 0.2) is 24.3 Å². The van der Waals surface area contributed by atoms with Gasteiger partial charge in [-0.1, -0.05) is 12.1 Å². The molecule has 1 heterocycles. The SMILES string of the molecule is C/C(=C\c1ccc(F)cc1)c1nnnn1C. The zero-order valence-corrected chi connectivity index (χ0v) is 9.05. The van der Waals surface area contributed by atoms with E-state index in [0.717, 1.165) is 11.1 Å². The number of nitrogens with zero attached hydrogens (tertiary/aromatic N) is 4. The van der Waals surface area contributed by atoms with Gasteiger partial charge in [-0.05, 0) is 46.7 Å². The molecule has 0 saturated heterocycles. The summed E-state index contributed by atoms with van der Waals surface area (Å²) in [5, 5.41) is 11.2. The lowest BCUT2D eigenvalue weighted by molar-refractivity contribution is 0.628. The number of aromatic nitrogens is 4. The average Bonchev–Trinajstić information content (AvgIpc) is 2.68. The topological polar surface area (TPSA) is 43.6 Å². The highest BCUT2D eigenvalue weighted by Gasteiger charge is 2.03. The third kappa shape index (κ3) is 2.13. The molecule has 0 unspecified atom stereocenters. The third-order valence-corrected chi connectivity index (χ3v) is 2.23. The summed E-state index contributed by atoms with van der Waals surface area (Å²) in [4.78, 5) is 0. The molecule has 16 heavy (non-hydrogen) atoms. The summed E-state index contributed by atoms with van der Waals surface area (Å²) < 4.78 is 14.3. The molecule has 0 radical (unpaired) electrons. The van der Waals surface area contributed by atoms with Crippen LogP contribution in [0.1, 0.15) is 18.3 Å². The Labute approximate surface area is 92.4 Å². The van der Waals surface area contributed by atoms with Crippen LogP contribution in [0.25, 0.3) is 11.6 Å². The lowest BCUT2D eigenvalue weighted by atomic mass is 10.1. The Morgan fingerprint density at radius 1 is 1.31 bits per heavy atom. The second kappa shape index (κ2) is 4.22. The summed E-state index contributed by atoms with van der Waals surface area (Å²) in [7, 11) is 1.78. The summed E-state index contributed by atoms with van der Waals surface area (Å²) in [6.45, 7) is 1.91. The minimum absolute atomic E-state index is 0.241. The maximum atomic E-state index is 12.7. The molecule has 0 spiro atoms. The van der Waals surface area contributed by atoms with Crippen LogP contribution in [-0.4, -0.2) is 20.2 Å². The predicted molar refractivity (Wildman–Crippen MR) is 58.7 cm³/mol. The number of hydrogen-bond donors (Lipinski definition) is 0. The van der Waals surface area contributed by atoms with Crippen molar-refractivity contribution in [2.24, 2.45) is 7.05 Å². The number of aryl methyl sites for hydroxylation is 1. The molecule has 2 aromatic rings. The molecule has 1 aromatic carbocycles. The maximum absolute atomic E-state index is 12.7. The van der Waals surface area contributed by atoms with E-state index in [1.807, 2.05) is 13.0 Å². The van der Waals surface area contributed by atoms with Crippen molar-refractivity contribution >= 4 is 11.6 Å². The molecule has 0 fully saturated rings. The Bertz CT molecular complexity index is 513. The molecular weight excluding hydrogens is 207 g/mol. The van der Waals surface area contributed by atoms with E-state index in [2.05, 4.69) is 15.5 Å². The number of tetrazole rings is 1. The maximum Gasteiger partial charge on any atom is 0.177 e. The monoisotopic (exact) mass is 218 g/mol. The van der Waals surface area contributed by atoms with Gasteiger partial charge in [0.15, 0.2) is 5.82 Å². The van der Waals surface area contributed by atoms with Crippen LogP contribution in [0.5, 0.6) is 0 Å². The second-order valence-corrected chi connectivity index (χ2v) is 3.51. The molecule has 0 amide bonds. The average molecular weight is 218 g/mol. The van der Waals surface area contributed by atoms with E-state index in [0.29, 0.717) is 5.82 Å².